The molecule has 1 heterocycles. The first-order valence-electron chi connectivity index (χ1n) is 9.09. The van der Waals surface area contributed by atoms with E-state index in [0.29, 0.717) is 43.3 Å². The van der Waals surface area contributed by atoms with E-state index in [1.807, 2.05) is 0 Å². The topological polar surface area (TPSA) is 92.7 Å². The zero-order valence-corrected chi connectivity index (χ0v) is 16.8. The van der Waals surface area contributed by atoms with E-state index in [1.165, 1.54) is 21.3 Å². The molecule has 1 N–H and O–H groups in total. The first-order chi connectivity index (χ1) is 14.1. The van der Waals surface area contributed by atoms with Crippen LogP contribution in [0.25, 0.3) is 0 Å². The van der Waals surface area contributed by atoms with Crippen molar-refractivity contribution in [3.05, 3.63) is 47.5 Å². The number of methoxy groups -OCH3 is 1. The third-order valence-corrected chi connectivity index (χ3v) is 4.03. The molecule has 8 heteroatoms. The van der Waals surface area contributed by atoms with Crippen LogP contribution in [0.15, 0.2) is 36.4 Å². The number of hydrogen-bond donors (Lipinski definition) is 1. The van der Waals surface area contributed by atoms with Crippen molar-refractivity contribution in [2.75, 3.05) is 41.2 Å². The third kappa shape index (κ3) is 6.55. The maximum absolute atomic E-state index is 11.7. The lowest BCUT2D eigenvalue weighted by molar-refractivity contribution is -0.248. The summed E-state index contributed by atoms with van der Waals surface area (Å²) in [4.78, 5) is 19.8. The number of ether oxygens (including phenoxy) is 4. The second-order valence-corrected chi connectivity index (χ2v) is 5.90. The smallest absolute Gasteiger partial charge is 0.341 e. The summed E-state index contributed by atoms with van der Waals surface area (Å²) < 4.78 is 21.4. The normalized spacial score (nSPS) is 11.6. The van der Waals surface area contributed by atoms with E-state index in [-0.39, 0.29) is 5.75 Å². The van der Waals surface area contributed by atoms with Gasteiger partial charge in [0.2, 0.25) is 0 Å². The van der Waals surface area contributed by atoms with Gasteiger partial charge < -0.3 is 24.1 Å². The van der Waals surface area contributed by atoms with Crippen LogP contribution in [0.2, 0.25) is 0 Å². The van der Waals surface area contributed by atoms with Gasteiger partial charge in [-0.1, -0.05) is 12.1 Å². The Labute approximate surface area is 169 Å². The van der Waals surface area contributed by atoms with E-state index in [9.17, 15) is 9.90 Å². The number of rotatable bonds is 8. The number of para-hydroxylation sites is 1. The molecule has 0 fully saturated rings. The highest BCUT2D eigenvalue weighted by molar-refractivity contribution is 5.92. The molecule has 0 radical (unpaired) electrons. The zero-order valence-electron chi connectivity index (χ0n) is 16.8. The van der Waals surface area contributed by atoms with Crippen molar-refractivity contribution in [3.63, 3.8) is 0 Å². The van der Waals surface area contributed by atoms with Crippen LogP contribution in [-0.2, 0) is 20.9 Å². The van der Waals surface area contributed by atoms with Crippen molar-refractivity contribution < 1.29 is 38.6 Å². The Hall–Kier alpha value is -2.97. The van der Waals surface area contributed by atoms with Gasteiger partial charge in [-0.3, -0.25) is 0 Å². The van der Waals surface area contributed by atoms with E-state index in [2.05, 4.69) is 9.78 Å². The van der Waals surface area contributed by atoms with Crippen LogP contribution in [0, 0.1) is 0 Å². The number of phenols is 1. The van der Waals surface area contributed by atoms with Crippen molar-refractivity contribution in [3.8, 4) is 23.0 Å². The van der Waals surface area contributed by atoms with Crippen LogP contribution in [0.3, 0.4) is 0 Å². The minimum Gasteiger partial charge on any atom is -0.504 e. The first-order valence-corrected chi connectivity index (χ1v) is 9.09. The molecule has 0 spiro atoms. The largest absolute Gasteiger partial charge is 0.504 e. The fourth-order valence-corrected chi connectivity index (χ4v) is 2.60. The molecule has 0 saturated heterocycles. The Morgan fingerprint density at radius 1 is 1.03 bits per heavy atom. The summed E-state index contributed by atoms with van der Waals surface area (Å²) >= 11 is 0. The van der Waals surface area contributed by atoms with Crippen LogP contribution in [0.1, 0.15) is 22.3 Å². The van der Waals surface area contributed by atoms with Crippen molar-refractivity contribution in [2.45, 2.75) is 12.8 Å². The highest BCUT2D eigenvalue weighted by Gasteiger charge is 2.16. The van der Waals surface area contributed by atoms with Crippen LogP contribution < -0.4 is 14.2 Å². The Morgan fingerprint density at radius 3 is 2.41 bits per heavy atom. The molecule has 3 rings (SSSR count). The summed E-state index contributed by atoms with van der Waals surface area (Å²) in [6.45, 7) is 1.37. The molecule has 2 aromatic carbocycles. The molecule has 1 aliphatic rings. The molecule has 29 heavy (non-hydrogen) atoms. The summed E-state index contributed by atoms with van der Waals surface area (Å²) in [7, 11) is 4.25. The summed E-state index contributed by atoms with van der Waals surface area (Å²) in [6.07, 6.45) is 1.39. The van der Waals surface area contributed by atoms with Gasteiger partial charge in [-0.25, -0.2) is 14.6 Å². The third-order valence-electron chi connectivity index (χ3n) is 4.03. The van der Waals surface area contributed by atoms with E-state index >= 15 is 0 Å². The van der Waals surface area contributed by atoms with Crippen molar-refractivity contribution >= 4 is 5.97 Å². The van der Waals surface area contributed by atoms with E-state index in [1.54, 1.807) is 36.4 Å². The lowest BCUT2D eigenvalue weighted by Crippen LogP contribution is -2.09. The number of phenolic OH excluding ortho intramolecular Hbond substituents is 1. The number of fused-ring (bicyclic) bond motifs is 1. The number of aromatic hydroxyl groups is 1. The number of benzene rings is 2. The second-order valence-electron chi connectivity index (χ2n) is 5.90. The van der Waals surface area contributed by atoms with Gasteiger partial charge in [0.1, 0.15) is 17.1 Å². The average molecular weight is 406 g/mol. The Morgan fingerprint density at radius 2 is 1.72 bits per heavy atom. The molecule has 2 aromatic rings. The standard InChI is InChI=1S/C19H20O6.C2H6O2/c1-22-19(21)14-5-2-3-6-16(14)23-8-4-9-24-18-12-17-13(7-10-25-17)11-15(18)20;1-3-4-2/h2-3,5-6,11-12,20H,4,7-10H2,1H3;1-2H3. The SMILES string of the molecule is COC(=O)c1ccccc1OCCCOc1cc2c(cc1O)CCO2.COOC. The number of carbonyl (C=O) groups is 1. The van der Waals surface area contributed by atoms with Crippen molar-refractivity contribution in [1.82, 2.24) is 0 Å². The molecule has 0 saturated carbocycles. The van der Waals surface area contributed by atoms with E-state index in [0.717, 1.165) is 17.7 Å². The fourth-order valence-electron chi connectivity index (χ4n) is 2.60. The average Bonchev–Trinajstić information content (AvgIpc) is 3.20. The molecule has 0 aliphatic carbocycles. The summed E-state index contributed by atoms with van der Waals surface area (Å²) in [5.74, 6) is 1.31. The number of hydrogen-bond acceptors (Lipinski definition) is 8. The van der Waals surface area contributed by atoms with Crippen LogP contribution >= 0.6 is 0 Å². The van der Waals surface area contributed by atoms with E-state index < -0.39 is 5.97 Å². The van der Waals surface area contributed by atoms with Gasteiger partial charge in [-0.05, 0) is 18.2 Å². The molecular weight excluding hydrogens is 380 g/mol. The molecule has 0 amide bonds. The summed E-state index contributed by atoms with van der Waals surface area (Å²) in [6, 6.07) is 10.3. The maximum atomic E-state index is 11.7. The van der Waals surface area contributed by atoms with Crippen LogP contribution in [-0.4, -0.2) is 52.2 Å². The molecule has 1 aliphatic heterocycles. The molecule has 0 unspecified atom stereocenters. The summed E-state index contributed by atoms with van der Waals surface area (Å²) in [5, 5.41) is 9.97. The van der Waals surface area contributed by atoms with Gasteiger partial charge in [0, 0.05) is 24.5 Å². The predicted octanol–water partition coefficient (Wildman–Crippen LogP) is 3.16. The van der Waals surface area contributed by atoms with Gasteiger partial charge in [-0.2, -0.15) is 0 Å². The molecule has 8 nitrogen and oxygen atoms in total. The Kier molecular flexibility index (Phi) is 9.07. The Balaban J connectivity index is 0.000000687. The summed E-state index contributed by atoms with van der Waals surface area (Å²) in [5.41, 5.74) is 1.38. The molecule has 0 bridgehead atoms. The van der Waals surface area contributed by atoms with Crippen LogP contribution in [0.5, 0.6) is 23.0 Å². The number of carbonyl (C=O) groups excluding carboxylic acids is 1. The first kappa shape index (κ1) is 22.3. The number of esters is 1. The van der Waals surface area contributed by atoms with E-state index in [4.69, 9.17) is 18.9 Å². The molecule has 0 atom stereocenters. The van der Waals surface area contributed by atoms with Gasteiger partial charge in [0.15, 0.2) is 11.5 Å². The van der Waals surface area contributed by atoms with Crippen molar-refractivity contribution in [1.29, 1.82) is 0 Å². The zero-order chi connectivity index (χ0) is 21.1. The van der Waals surface area contributed by atoms with Gasteiger partial charge in [0.05, 0.1) is 41.2 Å². The Bertz CT molecular complexity index is 788. The minimum atomic E-state index is -0.435. The quantitative estimate of drug-likeness (QED) is 0.309. The monoisotopic (exact) mass is 406 g/mol. The van der Waals surface area contributed by atoms with Crippen molar-refractivity contribution in [2.24, 2.45) is 0 Å². The predicted molar refractivity (Wildman–Crippen MR) is 105 cm³/mol. The lowest BCUT2D eigenvalue weighted by Gasteiger charge is -2.12. The molecule has 0 aromatic heterocycles. The highest BCUT2D eigenvalue weighted by Crippen LogP contribution is 2.36. The van der Waals surface area contributed by atoms with Gasteiger partial charge >= 0.3 is 5.97 Å². The van der Waals surface area contributed by atoms with Gasteiger partial charge in [-0.15, -0.1) is 0 Å². The van der Waals surface area contributed by atoms with Crippen LogP contribution in [0.4, 0.5) is 0 Å². The second kappa shape index (κ2) is 11.8. The van der Waals surface area contributed by atoms with Gasteiger partial charge in [0.25, 0.3) is 0 Å². The minimum absolute atomic E-state index is 0.112. The lowest BCUT2D eigenvalue weighted by atomic mass is 10.1. The molecule has 158 valence electrons. The highest BCUT2D eigenvalue weighted by atomic mass is 17.2. The molecular formula is C21H26O8. The fraction of sp³-hybridized carbons (Fsp3) is 0.381. The maximum Gasteiger partial charge on any atom is 0.341 e.